The predicted molar refractivity (Wildman–Crippen MR) is 91.3 cm³/mol. The molecule has 3 aromatic rings. The first kappa shape index (κ1) is 16.4. The Morgan fingerprint density at radius 3 is 2.52 bits per heavy atom. The number of rotatable bonds is 4. The molecule has 0 fully saturated rings. The highest BCUT2D eigenvalue weighted by Crippen LogP contribution is 2.18. The largest absolute Gasteiger partial charge is 0.383 e. The maximum absolute atomic E-state index is 12.9. The van der Waals surface area contributed by atoms with E-state index >= 15 is 0 Å². The number of hydrogen-bond acceptors (Lipinski definition) is 4. The van der Waals surface area contributed by atoms with Gasteiger partial charge in [-0.25, -0.2) is 9.18 Å². The molecule has 0 bridgehead atoms. The van der Waals surface area contributed by atoms with Gasteiger partial charge in [-0.1, -0.05) is 35.0 Å². The van der Waals surface area contributed by atoms with Crippen LogP contribution in [0.2, 0.25) is 0 Å². The fourth-order valence-electron chi connectivity index (χ4n) is 2.11. The lowest BCUT2D eigenvalue weighted by molar-refractivity contribution is 0.0509. The minimum Gasteiger partial charge on any atom is -0.380 e. The quantitative estimate of drug-likeness (QED) is 0.331. The van der Waals surface area contributed by atoms with Crippen LogP contribution in [-0.4, -0.2) is 22.0 Å². The molecule has 3 N–H and O–H groups in total. The monoisotopic (exact) mass is 338 g/mol. The molecule has 0 spiro atoms. The van der Waals surface area contributed by atoms with Crippen molar-refractivity contribution in [1.82, 2.24) is 10.2 Å². The molecular formula is C18H15FN4O2. The van der Waals surface area contributed by atoms with Crippen molar-refractivity contribution < 1.29 is 14.0 Å². The second-order valence-electron chi connectivity index (χ2n) is 5.40. The topological polar surface area (TPSA) is 93.4 Å². The zero-order valence-electron chi connectivity index (χ0n) is 13.4. The molecule has 0 radical (unpaired) electrons. The average Bonchev–Trinajstić information content (AvgIpc) is 3.11. The summed E-state index contributed by atoms with van der Waals surface area (Å²) in [6, 6.07) is 14.6. The van der Waals surface area contributed by atoms with Gasteiger partial charge in [0.1, 0.15) is 11.5 Å². The smallest absolute Gasteiger partial charge is 0.380 e. The number of aromatic amines is 1. The molecule has 0 saturated heterocycles. The summed E-state index contributed by atoms with van der Waals surface area (Å²) in [5.74, 6) is -1.16. The van der Waals surface area contributed by atoms with E-state index in [1.54, 1.807) is 6.07 Å². The number of carbonyl (C=O) groups excluding carboxylic acids is 1. The molecule has 6 nitrogen and oxygen atoms in total. The second-order valence-corrected chi connectivity index (χ2v) is 5.40. The third kappa shape index (κ3) is 3.89. The number of nitrogens with one attached hydrogen (secondary N) is 1. The molecule has 0 aliphatic heterocycles. The number of H-pyrrole nitrogens is 1. The number of nitrogens with two attached hydrogens (primary N) is 1. The molecule has 1 aromatic heterocycles. The van der Waals surface area contributed by atoms with Crippen LogP contribution in [0.5, 0.6) is 0 Å². The molecule has 1 heterocycles. The van der Waals surface area contributed by atoms with Crippen LogP contribution < -0.4 is 5.73 Å². The Labute approximate surface area is 143 Å². The van der Waals surface area contributed by atoms with Crippen LogP contribution in [0.4, 0.5) is 4.39 Å². The Morgan fingerprint density at radius 1 is 1.16 bits per heavy atom. The Kier molecular flexibility index (Phi) is 4.56. The van der Waals surface area contributed by atoms with Crippen LogP contribution in [-0.2, 0) is 4.84 Å². The van der Waals surface area contributed by atoms with E-state index in [4.69, 9.17) is 10.6 Å². The highest BCUT2D eigenvalue weighted by atomic mass is 19.1. The maximum Gasteiger partial charge on any atom is 0.383 e. The number of oxime groups is 1. The van der Waals surface area contributed by atoms with E-state index in [0.29, 0.717) is 11.3 Å². The zero-order valence-corrected chi connectivity index (χ0v) is 13.4. The lowest BCUT2D eigenvalue weighted by atomic mass is 10.1. The van der Waals surface area contributed by atoms with Crippen molar-refractivity contribution in [3.8, 4) is 11.3 Å². The van der Waals surface area contributed by atoms with Gasteiger partial charge in [0.25, 0.3) is 0 Å². The summed E-state index contributed by atoms with van der Waals surface area (Å²) in [5.41, 5.74) is 8.91. The SMILES string of the molecule is Cc1ccc(-c2cc(C(=O)O/N=C(\N)c3ccc(F)cc3)[nH]n2)cc1. The molecule has 126 valence electrons. The molecular weight excluding hydrogens is 323 g/mol. The van der Waals surface area contributed by atoms with E-state index in [1.165, 1.54) is 24.3 Å². The standard InChI is InChI=1S/C18H15FN4O2/c1-11-2-4-12(5-3-11)15-10-16(22-21-15)18(24)25-23-17(20)13-6-8-14(19)9-7-13/h2-10H,1H3,(H2,20,23)(H,21,22). The minimum absolute atomic E-state index is 0.0355. The van der Waals surface area contributed by atoms with Crippen molar-refractivity contribution >= 4 is 11.8 Å². The molecule has 0 saturated carbocycles. The highest BCUT2D eigenvalue weighted by Gasteiger charge is 2.13. The van der Waals surface area contributed by atoms with Gasteiger partial charge in [-0.2, -0.15) is 5.10 Å². The van der Waals surface area contributed by atoms with Gasteiger partial charge in [-0.3, -0.25) is 5.10 Å². The number of hydrogen-bond donors (Lipinski definition) is 2. The number of carbonyl (C=O) groups is 1. The summed E-state index contributed by atoms with van der Waals surface area (Å²) < 4.78 is 12.9. The van der Waals surface area contributed by atoms with Gasteiger partial charge < -0.3 is 10.6 Å². The summed E-state index contributed by atoms with van der Waals surface area (Å²) in [6.07, 6.45) is 0. The van der Waals surface area contributed by atoms with E-state index in [2.05, 4.69) is 15.4 Å². The van der Waals surface area contributed by atoms with E-state index in [1.807, 2.05) is 31.2 Å². The fourth-order valence-corrected chi connectivity index (χ4v) is 2.11. The molecule has 2 aromatic carbocycles. The van der Waals surface area contributed by atoms with Crippen LogP contribution in [0, 0.1) is 12.7 Å². The van der Waals surface area contributed by atoms with Gasteiger partial charge in [0.2, 0.25) is 0 Å². The Balaban J connectivity index is 1.70. The third-order valence-electron chi connectivity index (χ3n) is 3.51. The van der Waals surface area contributed by atoms with Crippen molar-refractivity contribution in [3.63, 3.8) is 0 Å². The number of aryl methyl sites for hydroxylation is 1. The normalized spacial score (nSPS) is 11.4. The highest BCUT2D eigenvalue weighted by molar-refractivity contribution is 5.98. The van der Waals surface area contributed by atoms with Gasteiger partial charge in [0, 0.05) is 11.1 Å². The molecule has 0 aliphatic carbocycles. The minimum atomic E-state index is -0.726. The summed E-state index contributed by atoms with van der Waals surface area (Å²) in [7, 11) is 0. The van der Waals surface area contributed by atoms with Crippen LogP contribution in [0.25, 0.3) is 11.3 Å². The number of aromatic nitrogens is 2. The summed E-state index contributed by atoms with van der Waals surface area (Å²) in [5, 5.41) is 10.3. The number of halogens is 1. The molecule has 0 aliphatic rings. The van der Waals surface area contributed by atoms with Gasteiger partial charge in [0.05, 0.1) is 5.69 Å². The first-order chi connectivity index (χ1) is 12.0. The summed E-state index contributed by atoms with van der Waals surface area (Å²) in [4.78, 5) is 16.8. The zero-order chi connectivity index (χ0) is 17.8. The van der Waals surface area contributed by atoms with E-state index < -0.39 is 11.8 Å². The summed E-state index contributed by atoms with van der Waals surface area (Å²) in [6.45, 7) is 1.99. The van der Waals surface area contributed by atoms with Crippen LogP contribution in [0.1, 0.15) is 21.6 Å². The predicted octanol–water partition coefficient (Wildman–Crippen LogP) is 3.00. The van der Waals surface area contributed by atoms with E-state index in [9.17, 15) is 9.18 Å². The van der Waals surface area contributed by atoms with Crippen molar-refractivity contribution in [2.24, 2.45) is 10.9 Å². The van der Waals surface area contributed by atoms with Gasteiger partial charge in [-0.15, -0.1) is 0 Å². The molecule has 0 unspecified atom stereocenters. The van der Waals surface area contributed by atoms with Crippen molar-refractivity contribution in [1.29, 1.82) is 0 Å². The van der Waals surface area contributed by atoms with Gasteiger partial charge in [0.15, 0.2) is 5.84 Å². The summed E-state index contributed by atoms with van der Waals surface area (Å²) >= 11 is 0. The Bertz CT molecular complexity index is 915. The number of amidine groups is 1. The van der Waals surface area contributed by atoms with Crippen molar-refractivity contribution in [3.05, 3.63) is 77.2 Å². The van der Waals surface area contributed by atoms with Crippen molar-refractivity contribution in [2.75, 3.05) is 0 Å². The van der Waals surface area contributed by atoms with Crippen LogP contribution in [0.3, 0.4) is 0 Å². The average molecular weight is 338 g/mol. The number of nitrogens with zero attached hydrogens (tertiary/aromatic N) is 2. The first-order valence-electron chi connectivity index (χ1n) is 7.46. The van der Waals surface area contributed by atoms with Crippen LogP contribution >= 0.6 is 0 Å². The Morgan fingerprint density at radius 2 is 1.84 bits per heavy atom. The lowest BCUT2D eigenvalue weighted by Crippen LogP contribution is -2.15. The van der Waals surface area contributed by atoms with Gasteiger partial charge >= 0.3 is 5.97 Å². The van der Waals surface area contributed by atoms with Crippen LogP contribution in [0.15, 0.2) is 59.8 Å². The van der Waals surface area contributed by atoms with Crippen molar-refractivity contribution in [2.45, 2.75) is 6.92 Å². The molecule has 7 heteroatoms. The first-order valence-corrected chi connectivity index (χ1v) is 7.46. The maximum atomic E-state index is 12.9. The second kappa shape index (κ2) is 6.96. The van der Waals surface area contributed by atoms with Gasteiger partial charge in [-0.05, 0) is 37.3 Å². The Hall–Kier alpha value is -3.48. The third-order valence-corrected chi connectivity index (χ3v) is 3.51. The molecule has 0 atom stereocenters. The molecule has 0 amide bonds. The van der Waals surface area contributed by atoms with E-state index in [0.717, 1.165) is 11.1 Å². The number of benzene rings is 2. The lowest BCUT2D eigenvalue weighted by Gasteiger charge is -2.00. The fraction of sp³-hybridized carbons (Fsp3) is 0.0556. The molecule has 3 rings (SSSR count). The van der Waals surface area contributed by atoms with E-state index in [-0.39, 0.29) is 11.5 Å². The molecule has 25 heavy (non-hydrogen) atoms.